The molecule has 3 aromatic rings. The molecular formula is C25H33N5O2. The molecule has 0 spiro atoms. The number of nitrogen functional groups attached to an aromatic ring is 1. The minimum atomic E-state index is 0.197. The van der Waals surface area contributed by atoms with Crippen LogP contribution in [0.1, 0.15) is 51.5 Å². The number of carbonyl (C=O) groups is 1. The molecule has 1 unspecified atom stereocenters. The molecule has 1 aliphatic heterocycles. The number of imidazole rings is 1. The summed E-state index contributed by atoms with van der Waals surface area (Å²) >= 11 is 0. The minimum Gasteiger partial charge on any atom is -0.382 e. The highest BCUT2D eigenvalue weighted by Gasteiger charge is 2.34. The van der Waals surface area contributed by atoms with Crippen molar-refractivity contribution in [2.24, 2.45) is 11.8 Å². The summed E-state index contributed by atoms with van der Waals surface area (Å²) in [6, 6.07) is 8.27. The Hall–Kier alpha value is -2.67. The van der Waals surface area contributed by atoms with E-state index in [0.29, 0.717) is 30.2 Å². The molecule has 7 nitrogen and oxygen atoms in total. The Morgan fingerprint density at radius 2 is 2.00 bits per heavy atom. The summed E-state index contributed by atoms with van der Waals surface area (Å²) in [7, 11) is 0. The van der Waals surface area contributed by atoms with E-state index in [2.05, 4.69) is 32.4 Å². The van der Waals surface area contributed by atoms with Gasteiger partial charge in [-0.15, -0.1) is 0 Å². The van der Waals surface area contributed by atoms with Gasteiger partial charge in [-0.2, -0.15) is 0 Å². The van der Waals surface area contributed by atoms with E-state index in [4.69, 9.17) is 10.5 Å². The molecule has 2 fully saturated rings. The van der Waals surface area contributed by atoms with E-state index in [-0.39, 0.29) is 6.04 Å². The van der Waals surface area contributed by atoms with Crippen molar-refractivity contribution in [3.8, 4) is 0 Å². The van der Waals surface area contributed by atoms with Crippen molar-refractivity contribution in [3.63, 3.8) is 0 Å². The number of para-hydroxylation sites is 1. The molecule has 1 saturated heterocycles. The molecule has 1 aromatic carbocycles. The van der Waals surface area contributed by atoms with Crippen molar-refractivity contribution in [2.45, 2.75) is 51.5 Å². The van der Waals surface area contributed by atoms with Gasteiger partial charge in [0, 0.05) is 31.0 Å². The van der Waals surface area contributed by atoms with Crippen molar-refractivity contribution >= 4 is 33.7 Å². The molecule has 7 heteroatoms. The first-order chi connectivity index (χ1) is 15.7. The monoisotopic (exact) mass is 435 g/mol. The molecule has 2 N–H and O–H groups in total. The molecule has 32 heavy (non-hydrogen) atoms. The van der Waals surface area contributed by atoms with Gasteiger partial charge in [0.05, 0.1) is 30.0 Å². The molecule has 3 heterocycles. The van der Waals surface area contributed by atoms with E-state index in [1.54, 1.807) is 0 Å². The number of piperidine rings is 1. The number of hydrogen-bond donors (Lipinski definition) is 1. The average molecular weight is 436 g/mol. The van der Waals surface area contributed by atoms with Crippen LogP contribution in [0.5, 0.6) is 0 Å². The van der Waals surface area contributed by atoms with Crippen molar-refractivity contribution in [2.75, 3.05) is 32.0 Å². The van der Waals surface area contributed by atoms with Gasteiger partial charge in [0.2, 0.25) is 5.91 Å². The van der Waals surface area contributed by atoms with E-state index in [1.807, 2.05) is 24.5 Å². The van der Waals surface area contributed by atoms with E-state index in [9.17, 15) is 4.79 Å². The Morgan fingerprint density at radius 1 is 1.22 bits per heavy atom. The second-order valence-corrected chi connectivity index (χ2v) is 9.33. The van der Waals surface area contributed by atoms with Crippen LogP contribution in [0, 0.1) is 11.8 Å². The largest absolute Gasteiger partial charge is 0.382 e. The number of carbonyl (C=O) groups excluding carboxylic acids is 1. The number of hydrogen-bond acceptors (Lipinski definition) is 5. The predicted octanol–water partition coefficient (Wildman–Crippen LogP) is 4.17. The third kappa shape index (κ3) is 4.18. The van der Waals surface area contributed by atoms with Crippen LogP contribution in [0.25, 0.3) is 21.9 Å². The van der Waals surface area contributed by atoms with E-state index in [0.717, 1.165) is 80.2 Å². The first kappa shape index (κ1) is 21.2. The third-order valence-electron chi connectivity index (χ3n) is 7.13. The second kappa shape index (κ2) is 9.06. The third-order valence-corrected chi connectivity index (χ3v) is 7.13. The van der Waals surface area contributed by atoms with Gasteiger partial charge in [-0.25, -0.2) is 9.97 Å². The van der Waals surface area contributed by atoms with Crippen LogP contribution in [0.3, 0.4) is 0 Å². The van der Waals surface area contributed by atoms with Gasteiger partial charge in [0.25, 0.3) is 0 Å². The molecule has 5 rings (SSSR count). The Labute approximate surface area is 188 Å². The summed E-state index contributed by atoms with van der Waals surface area (Å²) in [6.45, 7) is 5.42. The number of fused-ring (bicyclic) bond motifs is 3. The molecule has 1 atom stereocenters. The van der Waals surface area contributed by atoms with E-state index < -0.39 is 0 Å². The first-order valence-electron chi connectivity index (χ1n) is 12.0. The van der Waals surface area contributed by atoms with Crippen molar-refractivity contribution in [3.05, 3.63) is 30.6 Å². The molecule has 2 aliphatic rings. The summed E-state index contributed by atoms with van der Waals surface area (Å²) in [4.78, 5) is 23.4. The number of nitrogens with zero attached hydrogens (tertiary/aromatic N) is 4. The highest BCUT2D eigenvalue weighted by molar-refractivity contribution is 6.06. The van der Waals surface area contributed by atoms with Crippen LogP contribution in [0.4, 0.5) is 5.82 Å². The zero-order valence-corrected chi connectivity index (χ0v) is 18.9. The summed E-state index contributed by atoms with van der Waals surface area (Å²) in [5, 5.41) is 1.07. The number of pyridine rings is 1. The van der Waals surface area contributed by atoms with Gasteiger partial charge in [0.15, 0.2) is 5.82 Å². The van der Waals surface area contributed by atoms with E-state index in [1.165, 1.54) is 0 Å². The topological polar surface area (TPSA) is 86.3 Å². The minimum absolute atomic E-state index is 0.197. The standard InChI is InChI=1S/C25H33N5O2/c1-2-19(15-32-14-11-17-9-12-29(13-10-17)25(31)18-7-8-18)30-16-27-22-23(30)20-5-3-4-6-21(20)28-24(22)26/h3-6,16-19H,2,7-15H2,1H3,(H2,26,28). The number of rotatable bonds is 8. The number of amides is 1. The van der Waals surface area contributed by atoms with Crippen LogP contribution in [-0.2, 0) is 9.53 Å². The van der Waals surface area contributed by atoms with Gasteiger partial charge in [-0.05, 0) is 50.5 Å². The molecule has 1 saturated carbocycles. The first-order valence-corrected chi connectivity index (χ1v) is 12.0. The normalized spacial score (nSPS) is 18.5. The molecule has 1 aliphatic carbocycles. The van der Waals surface area contributed by atoms with Crippen LogP contribution in [0.15, 0.2) is 30.6 Å². The fraction of sp³-hybridized carbons (Fsp3) is 0.560. The summed E-state index contributed by atoms with van der Waals surface area (Å²) in [5.74, 6) is 1.85. The highest BCUT2D eigenvalue weighted by atomic mass is 16.5. The zero-order chi connectivity index (χ0) is 22.1. The highest BCUT2D eigenvalue weighted by Crippen LogP contribution is 2.33. The lowest BCUT2D eigenvalue weighted by molar-refractivity contribution is -0.134. The maximum atomic E-state index is 12.2. The maximum Gasteiger partial charge on any atom is 0.225 e. The van der Waals surface area contributed by atoms with Crippen LogP contribution >= 0.6 is 0 Å². The molecular weight excluding hydrogens is 402 g/mol. The molecule has 170 valence electrons. The van der Waals surface area contributed by atoms with Crippen molar-refractivity contribution in [1.82, 2.24) is 19.4 Å². The summed E-state index contributed by atoms with van der Waals surface area (Å²) in [5.41, 5.74) is 8.87. The molecule has 0 bridgehead atoms. The smallest absolute Gasteiger partial charge is 0.225 e. The number of benzene rings is 1. The summed E-state index contributed by atoms with van der Waals surface area (Å²) in [6.07, 6.45) is 8.27. The quantitative estimate of drug-likeness (QED) is 0.537. The molecule has 0 radical (unpaired) electrons. The Kier molecular flexibility index (Phi) is 6.00. The number of likely N-dealkylation sites (tertiary alicyclic amines) is 1. The lowest BCUT2D eigenvalue weighted by atomic mass is 9.93. The van der Waals surface area contributed by atoms with Crippen LogP contribution in [-0.4, -0.2) is 51.6 Å². The predicted molar refractivity (Wildman–Crippen MR) is 126 cm³/mol. The summed E-state index contributed by atoms with van der Waals surface area (Å²) < 4.78 is 8.36. The number of aromatic nitrogens is 3. The second-order valence-electron chi connectivity index (χ2n) is 9.33. The molecule has 2 aromatic heterocycles. The Balaban J connectivity index is 1.18. The average Bonchev–Trinajstić information content (AvgIpc) is 3.58. The SMILES string of the molecule is CCC(COCCC1CCN(C(=O)C2CC2)CC1)n1cnc2c(N)nc3ccccc3c21. The van der Waals surface area contributed by atoms with Crippen LogP contribution in [0.2, 0.25) is 0 Å². The van der Waals surface area contributed by atoms with Gasteiger partial charge in [-0.3, -0.25) is 4.79 Å². The lowest BCUT2D eigenvalue weighted by Crippen LogP contribution is -2.39. The number of nitrogens with two attached hydrogens (primary N) is 1. The number of ether oxygens (including phenoxy) is 1. The van der Waals surface area contributed by atoms with Crippen molar-refractivity contribution in [1.29, 1.82) is 0 Å². The Morgan fingerprint density at radius 3 is 2.75 bits per heavy atom. The van der Waals surface area contributed by atoms with E-state index >= 15 is 0 Å². The fourth-order valence-electron chi connectivity index (χ4n) is 4.94. The fourth-order valence-corrected chi connectivity index (χ4v) is 4.94. The lowest BCUT2D eigenvalue weighted by Gasteiger charge is -2.32. The van der Waals surface area contributed by atoms with Crippen LogP contribution < -0.4 is 5.73 Å². The number of anilines is 1. The molecule has 1 amide bonds. The van der Waals surface area contributed by atoms with Gasteiger partial charge >= 0.3 is 0 Å². The maximum absolute atomic E-state index is 12.2. The van der Waals surface area contributed by atoms with Crippen molar-refractivity contribution < 1.29 is 9.53 Å². The zero-order valence-electron chi connectivity index (χ0n) is 18.9. The van der Waals surface area contributed by atoms with Gasteiger partial charge in [0.1, 0.15) is 5.52 Å². The van der Waals surface area contributed by atoms with Gasteiger partial charge < -0.3 is 19.9 Å². The van der Waals surface area contributed by atoms with Gasteiger partial charge in [-0.1, -0.05) is 25.1 Å². The Bertz CT molecular complexity index is 1100.